The summed E-state index contributed by atoms with van der Waals surface area (Å²) in [6.45, 7) is 19.0. The van der Waals surface area contributed by atoms with Crippen molar-refractivity contribution in [1.82, 2.24) is 0 Å². The van der Waals surface area contributed by atoms with Crippen LogP contribution in [0.4, 0.5) is 17.1 Å². The van der Waals surface area contributed by atoms with Crippen LogP contribution in [0.3, 0.4) is 0 Å². The number of hydrogen-bond acceptors (Lipinski definition) is 1. The monoisotopic (exact) mass is 968 g/mol. The summed E-state index contributed by atoms with van der Waals surface area (Å²) >= 11 is 0. The van der Waals surface area contributed by atoms with Crippen LogP contribution in [0.5, 0.6) is 0 Å². The van der Waals surface area contributed by atoms with E-state index in [9.17, 15) is 0 Å². The van der Waals surface area contributed by atoms with E-state index in [1.807, 2.05) is 0 Å². The average Bonchev–Trinajstić information content (AvgIpc) is 4.01. The van der Waals surface area contributed by atoms with E-state index in [2.05, 4.69) is 291 Å². The molecule has 0 saturated heterocycles. The molecular formula is C74H65N. The van der Waals surface area contributed by atoms with Crippen molar-refractivity contribution in [2.24, 2.45) is 10.8 Å². The second-order valence-corrected chi connectivity index (χ2v) is 24.4. The van der Waals surface area contributed by atoms with E-state index in [0.717, 1.165) is 23.5 Å². The summed E-state index contributed by atoms with van der Waals surface area (Å²) < 4.78 is 0. The van der Waals surface area contributed by atoms with Crippen molar-refractivity contribution in [3.63, 3.8) is 0 Å². The molecule has 0 N–H and O–H groups in total. The largest absolute Gasteiger partial charge is 0.310 e. The second kappa shape index (κ2) is 17.3. The van der Waals surface area contributed by atoms with Crippen LogP contribution in [0.25, 0.3) is 66.8 Å². The van der Waals surface area contributed by atoms with Crippen LogP contribution in [0.15, 0.2) is 231 Å². The Morgan fingerprint density at radius 3 is 1.31 bits per heavy atom. The lowest BCUT2D eigenvalue weighted by atomic mass is 9.69. The Morgan fingerprint density at radius 1 is 0.333 bits per heavy atom. The number of fused-ring (bicyclic) bond motifs is 13. The zero-order chi connectivity index (χ0) is 51.4. The minimum Gasteiger partial charge on any atom is -0.310 e. The Morgan fingerprint density at radius 2 is 0.733 bits per heavy atom. The summed E-state index contributed by atoms with van der Waals surface area (Å²) in [7, 11) is 0. The Labute approximate surface area is 445 Å². The fraction of sp³-hybridized carbons (Fsp3) is 0.189. The lowest BCUT2D eigenvalue weighted by Crippen LogP contribution is -2.26. The van der Waals surface area contributed by atoms with E-state index in [0.29, 0.717) is 5.92 Å². The van der Waals surface area contributed by atoms with E-state index in [4.69, 9.17) is 0 Å². The molecule has 1 heteroatoms. The number of hydrogen-bond donors (Lipinski definition) is 0. The van der Waals surface area contributed by atoms with Gasteiger partial charge in [-0.2, -0.15) is 0 Å². The van der Waals surface area contributed by atoms with Gasteiger partial charge in [-0.1, -0.05) is 237 Å². The molecular weight excluding hydrogens is 903 g/mol. The third-order valence-corrected chi connectivity index (χ3v) is 17.1. The Kier molecular flexibility index (Phi) is 10.8. The molecule has 1 nitrogen and oxygen atoms in total. The van der Waals surface area contributed by atoms with Gasteiger partial charge >= 0.3 is 0 Å². The van der Waals surface area contributed by atoms with Gasteiger partial charge in [-0.3, -0.25) is 0 Å². The van der Waals surface area contributed by atoms with E-state index in [-0.39, 0.29) is 16.2 Å². The van der Waals surface area contributed by atoms with E-state index in [1.165, 1.54) is 106 Å². The van der Waals surface area contributed by atoms with Crippen LogP contribution in [0.2, 0.25) is 0 Å². The molecule has 0 aromatic heterocycles. The maximum absolute atomic E-state index is 2.52. The highest BCUT2D eigenvalue weighted by Gasteiger charge is 2.52. The van der Waals surface area contributed by atoms with Crippen molar-refractivity contribution in [3.8, 4) is 66.8 Å². The zero-order valence-corrected chi connectivity index (χ0v) is 44.7. The molecule has 75 heavy (non-hydrogen) atoms. The van der Waals surface area contributed by atoms with Crippen LogP contribution < -0.4 is 4.90 Å². The molecule has 0 radical (unpaired) electrons. The number of rotatable bonds is 8. The Hall–Kier alpha value is -8.00. The molecule has 366 valence electrons. The summed E-state index contributed by atoms with van der Waals surface area (Å²) in [5, 5.41) is 0. The first-order chi connectivity index (χ1) is 36.2. The average molecular weight is 968 g/mol. The fourth-order valence-electron chi connectivity index (χ4n) is 13.5. The molecule has 0 aliphatic heterocycles. The van der Waals surface area contributed by atoms with Crippen LogP contribution in [-0.2, 0) is 10.8 Å². The lowest BCUT2D eigenvalue weighted by molar-refractivity contribution is 0.229. The second-order valence-electron chi connectivity index (χ2n) is 24.4. The minimum absolute atomic E-state index is 0.0277. The van der Waals surface area contributed by atoms with Gasteiger partial charge < -0.3 is 4.90 Å². The molecule has 10 aromatic rings. The molecule has 10 aromatic carbocycles. The van der Waals surface area contributed by atoms with Crippen molar-refractivity contribution in [2.75, 3.05) is 4.90 Å². The zero-order valence-electron chi connectivity index (χ0n) is 44.7. The van der Waals surface area contributed by atoms with Crippen molar-refractivity contribution in [3.05, 3.63) is 269 Å². The third kappa shape index (κ3) is 7.57. The first-order valence-corrected chi connectivity index (χ1v) is 27.1. The summed E-state index contributed by atoms with van der Waals surface area (Å²) in [5.74, 6) is 0.459. The Bertz CT molecular complexity index is 3810. The first kappa shape index (κ1) is 46.8. The van der Waals surface area contributed by atoms with Gasteiger partial charge in [0, 0.05) is 22.5 Å². The number of anilines is 3. The molecule has 0 fully saturated rings. The molecule has 13 rings (SSSR count). The molecule has 0 heterocycles. The van der Waals surface area contributed by atoms with Gasteiger partial charge in [0.2, 0.25) is 0 Å². The third-order valence-electron chi connectivity index (χ3n) is 17.1. The molecule has 3 aliphatic rings. The summed E-state index contributed by atoms with van der Waals surface area (Å²) in [6.07, 6.45) is 1.14. The van der Waals surface area contributed by atoms with Crippen LogP contribution in [0, 0.1) is 10.8 Å². The van der Waals surface area contributed by atoms with Crippen molar-refractivity contribution < 1.29 is 0 Å². The SMILES string of the molecule is CC(C)(C)CC(c1ccc(-c2ccc3c(c2)C2(c4ccccc4-3)c3ccccc3-c3ccc(N(c4ccc(-c5ccccc5)cc4)c4ccc(-c5ccc6c(c5)-c5ccccc5C6(C)C)cc4)cc32)cc1)C(C)(C)C. The topological polar surface area (TPSA) is 3.24 Å². The smallest absolute Gasteiger partial charge is 0.0726 e. The Balaban J connectivity index is 0.953. The van der Waals surface area contributed by atoms with Gasteiger partial charge in [0.1, 0.15) is 0 Å². The van der Waals surface area contributed by atoms with Gasteiger partial charge in [0.25, 0.3) is 0 Å². The first-order valence-electron chi connectivity index (χ1n) is 27.1. The molecule has 2 unspecified atom stereocenters. The van der Waals surface area contributed by atoms with E-state index < -0.39 is 5.41 Å². The van der Waals surface area contributed by atoms with Gasteiger partial charge in [0.15, 0.2) is 0 Å². The maximum Gasteiger partial charge on any atom is 0.0726 e. The summed E-state index contributed by atoms with van der Waals surface area (Å²) in [4.78, 5) is 2.46. The van der Waals surface area contributed by atoms with Gasteiger partial charge in [-0.05, 0) is 177 Å². The van der Waals surface area contributed by atoms with Crippen LogP contribution >= 0.6 is 0 Å². The van der Waals surface area contributed by atoms with Crippen LogP contribution in [-0.4, -0.2) is 0 Å². The quantitative estimate of drug-likeness (QED) is 0.147. The van der Waals surface area contributed by atoms with E-state index in [1.54, 1.807) is 0 Å². The summed E-state index contributed by atoms with van der Waals surface area (Å²) in [5.41, 5.74) is 27.9. The predicted octanol–water partition coefficient (Wildman–Crippen LogP) is 20.4. The minimum atomic E-state index is -0.526. The van der Waals surface area contributed by atoms with Crippen molar-refractivity contribution in [1.29, 1.82) is 0 Å². The van der Waals surface area contributed by atoms with Crippen molar-refractivity contribution in [2.45, 2.75) is 78.6 Å². The predicted molar refractivity (Wildman–Crippen MR) is 318 cm³/mol. The van der Waals surface area contributed by atoms with Crippen molar-refractivity contribution >= 4 is 17.1 Å². The highest BCUT2D eigenvalue weighted by atomic mass is 15.1. The van der Waals surface area contributed by atoms with Gasteiger partial charge in [0.05, 0.1) is 5.41 Å². The number of nitrogens with zero attached hydrogens (tertiary/aromatic N) is 1. The van der Waals surface area contributed by atoms with Gasteiger partial charge in [-0.15, -0.1) is 0 Å². The fourth-order valence-corrected chi connectivity index (χ4v) is 13.5. The molecule has 0 amide bonds. The lowest BCUT2D eigenvalue weighted by Gasteiger charge is -2.36. The maximum atomic E-state index is 2.52. The molecule has 1 spiro atoms. The standard InChI is InChI=1S/C74H65N/c1-71(2,3)47-70(72(4,5)6)52-28-26-50(27-29-52)54-34-41-61-58-20-13-16-24-66(58)74(68(61)45-54)67-25-17-14-21-59(67)62-42-40-57(46-69(62)74)75(55-36-30-49(31-37-55)48-18-10-9-11-19-48)56-38-32-51(33-39-56)53-35-43-65-63(44-53)60-22-12-15-23-64(60)73(65,7)8/h9-46,70H,47H2,1-8H3. The summed E-state index contributed by atoms with van der Waals surface area (Å²) in [6, 6.07) is 87.5. The number of benzene rings is 10. The normalized spacial score (nSPS) is 15.9. The molecule has 0 saturated carbocycles. The highest BCUT2D eigenvalue weighted by molar-refractivity contribution is 5.97. The van der Waals surface area contributed by atoms with Gasteiger partial charge in [-0.25, -0.2) is 0 Å². The van der Waals surface area contributed by atoms with E-state index >= 15 is 0 Å². The highest BCUT2D eigenvalue weighted by Crippen LogP contribution is 2.64. The van der Waals surface area contributed by atoms with Crippen LogP contribution in [0.1, 0.15) is 107 Å². The molecule has 2 atom stereocenters. The molecule has 3 aliphatic carbocycles. The molecule has 0 bridgehead atoms.